The molecule has 124 valence electrons. The number of nitrogens with one attached hydrogen (secondary N) is 2. The van der Waals surface area contributed by atoms with Gasteiger partial charge >= 0.3 is 0 Å². The zero-order valence-corrected chi connectivity index (χ0v) is 14.2. The van der Waals surface area contributed by atoms with Crippen molar-refractivity contribution < 1.29 is 4.74 Å². The summed E-state index contributed by atoms with van der Waals surface area (Å²) in [6.07, 6.45) is 1.69. The number of thiocarbonyl (C=S) groups is 1. The second kappa shape index (κ2) is 8.61. The number of rotatable bonds is 5. The number of anilines is 1. The predicted octanol–water partition coefficient (Wildman–Crippen LogP) is 4.80. The van der Waals surface area contributed by atoms with Crippen molar-refractivity contribution >= 4 is 29.2 Å². The van der Waals surface area contributed by atoms with Crippen LogP contribution in [0.3, 0.4) is 0 Å². The molecular weight excluding hydrogens is 330 g/mol. The second-order valence-corrected chi connectivity index (χ2v) is 5.59. The highest BCUT2D eigenvalue weighted by Crippen LogP contribution is 2.21. The van der Waals surface area contributed by atoms with Crippen molar-refractivity contribution in [3.63, 3.8) is 0 Å². The van der Waals surface area contributed by atoms with Gasteiger partial charge in [-0.05, 0) is 54.2 Å². The van der Waals surface area contributed by atoms with E-state index in [4.69, 9.17) is 17.0 Å². The summed E-state index contributed by atoms with van der Waals surface area (Å²) in [6.45, 7) is 0. The van der Waals surface area contributed by atoms with Crippen molar-refractivity contribution in [2.45, 2.75) is 0 Å². The average molecular weight is 347 g/mol. The SMILES string of the molecule is S=C(N/N=C/c1cccc(Oc2ccccc2)c1)Nc1ccccc1. The molecule has 0 aliphatic heterocycles. The van der Waals surface area contributed by atoms with Crippen molar-refractivity contribution in [1.82, 2.24) is 5.43 Å². The summed E-state index contributed by atoms with van der Waals surface area (Å²) in [7, 11) is 0. The fourth-order valence-corrected chi connectivity index (χ4v) is 2.30. The Kier molecular flexibility index (Phi) is 5.74. The molecule has 5 heteroatoms. The molecule has 2 N–H and O–H groups in total. The number of hydrazone groups is 1. The highest BCUT2D eigenvalue weighted by atomic mass is 32.1. The average Bonchev–Trinajstić information content (AvgIpc) is 2.64. The van der Waals surface area contributed by atoms with Gasteiger partial charge in [0.2, 0.25) is 0 Å². The molecule has 0 saturated carbocycles. The van der Waals surface area contributed by atoms with Crippen molar-refractivity contribution in [2.24, 2.45) is 5.10 Å². The smallest absolute Gasteiger partial charge is 0.191 e. The van der Waals surface area contributed by atoms with Crippen LogP contribution in [-0.4, -0.2) is 11.3 Å². The highest BCUT2D eigenvalue weighted by Gasteiger charge is 1.98. The van der Waals surface area contributed by atoms with Crippen LogP contribution in [0.15, 0.2) is 90.0 Å². The van der Waals surface area contributed by atoms with Gasteiger partial charge in [0.05, 0.1) is 6.21 Å². The van der Waals surface area contributed by atoms with Crippen LogP contribution in [0.4, 0.5) is 5.69 Å². The lowest BCUT2D eigenvalue weighted by molar-refractivity contribution is 0.482. The minimum absolute atomic E-state index is 0.430. The predicted molar refractivity (Wildman–Crippen MR) is 106 cm³/mol. The zero-order chi connectivity index (χ0) is 17.3. The molecule has 0 aliphatic carbocycles. The summed E-state index contributed by atoms with van der Waals surface area (Å²) < 4.78 is 5.81. The molecular formula is C20H17N3OS. The Labute approximate surface area is 152 Å². The van der Waals surface area contributed by atoms with Gasteiger partial charge in [-0.15, -0.1) is 0 Å². The molecule has 3 aromatic rings. The molecule has 0 aliphatic rings. The lowest BCUT2D eigenvalue weighted by Crippen LogP contribution is -2.23. The molecule has 3 rings (SSSR count). The number of hydrogen-bond donors (Lipinski definition) is 2. The maximum Gasteiger partial charge on any atom is 0.191 e. The van der Waals surface area contributed by atoms with Crippen LogP contribution in [0.5, 0.6) is 11.5 Å². The molecule has 25 heavy (non-hydrogen) atoms. The molecule has 0 fully saturated rings. The Morgan fingerprint density at radius 3 is 2.28 bits per heavy atom. The number of benzene rings is 3. The van der Waals surface area contributed by atoms with E-state index in [1.54, 1.807) is 6.21 Å². The molecule has 0 saturated heterocycles. The van der Waals surface area contributed by atoms with Gasteiger partial charge in [0.15, 0.2) is 5.11 Å². The molecule has 0 radical (unpaired) electrons. The van der Waals surface area contributed by atoms with E-state index in [0.717, 1.165) is 22.7 Å². The molecule has 0 unspecified atom stereocenters. The van der Waals surface area contributed by atoms with Crippen LogP contribution in [0.2, 0.25) is 0 Å². The first-order chi connectivity index (χ1) is 12.3. The highest BCUT2D eigenvalue weighted by molar-refractivity contribution is 7.80. The summed E-state index contributed by atoms with van der Waals surface area (Å²) in [5.74, 6) is 1.54. The Morgan fingerprint density at radius 1 is 0.840 bits per heavy atom. The Hall–Kier alpha value is -3.18. The van der Waals surface area contributed by atoms with E-state index in [-0.39, 0.29) is 0 Å². The van der Waals surface area contributed by atoms with E-state index in [0.29, 0.717) is 5.11 Å². The molecule has 0 atom stereocenters. The van der Waals surface area contributed by atoms with Gasteiger partial charge in [-0.25, -0.2) is 0 Å². The molecule has 0 aromatic heterocycles. The van der Waals surface area contributed by atoms with E-state index in [9.17, 15) is 0 Å². The summed E-state index contributed by atoms with van der Waals surface area (Å²) in [5.41, 5.74) is 4.61. The summed E-state index contributed by atoms with van der Waals surface area (Å²) in [5, 5.41) is 7.64. The Bertz CT molecular complexity index is 851. The largest absolute Gasteiger partial charge is 0.457 e. The number of nitrogens with zero attached hydrogens (tertiary/aromatic N) is 1. The third-order valence-corrected chi connectivity index (χ3v) is 3.44. The Balaban J connectivity index is 1.56. The fraction of sp³-hybridized carbons (Fsp3) is 0. The number of hydrogen-bond acceptors (Lipinski definition) is 3. The minimum atomic E-state index is 0.430. The summed E-state index contributed by atoms with van der Waals surface area (Å²) in [4.78, 5) is 0. The maximum atomic E-state index is 5.81. The first kappa shape index (κ1) is 16.7. The lowest BCUT2D eigenvalue weighted by atomic mass is 10.2. The normalized spacial score (nSPS) is 10.4. The maximum absolute atomic E-state index is 5.81. The van der Waals surface area contributed by atoms with Gasteiger partial charge < -0.3 is 10.1 Å². The second-order valence-electron chi connectivity index (χ2n) is 5.18. The van der Waals surface area contributed by atoms with Crippen LogP contribution in [0.1, 0.15) is 5.56 Å². The van der Waals surface area contributed by atoms with E-state index >= 15 is 0 Å². The van der Waals surface area contributed by atoms with Crippen LogP contribution in [-0.2, 0) is 0 Å². The van der Waals surface area contributed by atoms with Crippen molar-refractivity contribution in [3.8, 4) is 11.5 Å². The van der Waals surface area contributed by atoms with Crippen molar-refractivity contribution in [1.29, 1.82) is 0 Å². The quantitative estimate of drug-likeness (QED) is 0.395. The monoisotopic (exact) mass is 347 g/mol. The van der Waals surface area contributed by atoms with Gasteiger partial charge in [-0.2, -0.15) is 5.10 Å². The van der Waals surface area contributed by atoms with Crippen LogP contribution in [0.25, 0.3) is 0 Å². The van der Waals surface area contributed by atoms with Gasteiger partial charge in [0.1, 0.15) is 11.5 Å². The third kappa shape index (κ3) is 5.44. The first-order valence-electron chi connectivity index (χ1n) is 7.78. The molecule has 0 bridgehead atoms. The van der Waals surface area contributed by atoms with Crippen molar-refractivity contribution in [2.75, 3.05) is 5.32 Å². The van der Waals surface area contributed by atoms with E-state index < -0.39 is 0 Å². The van der Waals surface area contributed by atoms with Gasteiger partial charge in [0.25, 0.3) is 0 Å². The molecule has 0 spiro atoms. The van der Waals surface area contributed by atoms with Crippen molar-refractivity contribution in [3.05, 3.63) is 90.5 Å². The Morgan fingerprint density at radius 2 is 1.52 bits per heavy atom. The molecule has 3 aromatic carbocycles. The van der Waals surface area contributed by atoms with E-state index in [1.807, 2.05) is 84.9 Å². The third-order valence-electron chi connectivity index (χ3n) is 3.25. The first-order valence-corrected chi connectivity index (χ1v) is 8.18. The summed E-state index contributed by atoms with van der Waals surface area (Å²) >= 11 is 5.20. The van der Waals surface area contributed by atoms with Crippen LogP contribution in [0, 0.1) is 0 Å². The fourth-order valence-electron chi connectivity index (χ4n) is 2.13. The lowest BCUT2D eigenvalue weighted by Gasteiger charge is -2.07. The summed E-state index contributed by atoms with van der Waals surface area (Å²) in [6, 6.07) is 27.0. The van der Waals surface area contributed by atoms with Crippen LogP contribution >= 0.6 is 12.2 Å². The van der Waals surface area contributed by atoms with E-state index in [1.165, 1.54) is 0 Å². The zero-order valence-electron chi connectivity index (χ0n) is 13.4. The van der Waals surface area contributed by atoms with E-state index in [2.05, 4.69) is 15.8 Å². The van der Waals surface area contributed by atoms with Gasteiger partial charge in [0, 0.05) is 5.69 Å². The minimum Gasteiger partial charge on any atom is -0.457 e. The standard InChI is InChI=1S/C20H17N3OS/c25-20(22-17-9-3-1-4-10-17)23-21-15-16-8-7-13-19(14-16)24-18-11-5-2-6-12-18/h1-15H,(H2,22,23,25)/b21-15+. The number of ether oxygens (including phenoxy) is 1. The topological polar surface area (TPSA) is 45.7 Å². The number of para-hydroxylation sites is 2. The molecule has 0 amide bonds. The van der Waals surface area contributed by atoms with Crippen LogP contribution < -0.4 is 15.5 Å². The molecule has 0 heterocycles. The molecule has 4 nitrogen and oxygen atoms in total. The van der Waals surface area contributed by atoms with Gasteiger partial charge in [-0.3, -0.25) is 5.43 Å². The van der Waals surface area contributed by atoms with Gasteiger partial charge in [-0.1, -0.05) is 48.5 Å².